The zero-order valence-corrected chi connectivity index (χ0v) is 21.3. The van der Waals surface area contributed by atoms with E-state index in [0.29, 0.717) is 24.2 Å². The van der Waals surface area contributed by atoms with E-state index in [4.69, 9.17) is 4.74 Å². The summed E-state index contributed by atoms with van der Waals surface area (Å²) < 4.78 is 5.95. The minimum absolute atomic E-state index is 0.327. The van der Waals surface area contributed by atoms with Crippen molar-refractivity contribution in [1.29, 1.82) is 0 Å². The van der Waals surface area contributed by atoms with Crippen molar-refractivity contribution in [1.82, 2.24) is 5.32 Å². The molecule has 32 heavy (non-hydrogen) atoms. The van der Waals surface area contributed by atoms with Gasteiger partial charge in [0.25, 0.3) is 0 Å². The van der Waals surface area contributed by atoms with Gasteiger partial charge in [-0.3, -0.25) is 4.79 Å². The molecule has 3 aliphatic rings. The number of allylic oxidation sites excluding steroid dienone is 1. The maximum atomic E-state index is 11.9. The maximum absolute atomic E-state index is 11.9. The Hall–Kier alpha value is -1.77. The molecule has 1 aromatic rings. The molecule has 3 fully saturated rings. The average Bonchev–Trinajstić information content (AvgIpc) is 3.48. The molecule has 180 valence electrons. The molecule has 1 unspecified atom stereocenters. The first kappa shape index (κ1) is 26.5. The SMILES string of the molecule is CC.CCC(C)c1cccc(C)c1.O=C(CNC(OCC1CCCC1)=C1CC1)C1CCC1. The molecular formula is C29H47NO2. The van der Waals surface area contributed by atoms with Gasteiger partial charge < -0.3 is 10.1 Å². The van der Waals surface area contributed by atoms with Gasteiger partial charge >= 0.3 is 0 Å². The number of rotatable bonds is 9. The first-order valence-electron chi connectivity index (χ1n) is 13.2. The fourth-order valence-corrected chi connectivity index (χ4v) is 4.20. The second-order valence-corrected chi connectivity index (χ2v) is 9.57. The standard InChI is InChI=1S/C16H25NO2.C11H16.C2H6/c18-15(13-6-3-7-13)10-17-16(14-8-9-14)19-11-12-4-1-2-5-12;1-4-10(3)11-7-5-6-9(2)8-11;1-2/h12-13,17H,1-11H2;5-8,10H,4H2,1-3H3;1-2H3. The summed E-state index contributed by atoms with van der Waals surface area (Å²) in [6.45, 7) is 11.9. The van der Waals surface area contributed by atoms with Gasteiger partial charge in [0, 0.05) is 5.92 Å². The number of aryl methyl sites for hydroxylation is 1. The minimum Gasteiger partial charge on any atom is -0.479 e. The van der Waals surface area contributed by atoms with Gasteiger partial charge in [0.2, 0.25) is 0 Å². The molecule has 3 aliphatic carbocycles. The topological polar surface area (TPSA) is 38.3 Å². The van der Waals surface area contributed by atoms with Crippen LogP contribution in [-0.2, 0) is 9.53 Å². The molecule has 0 spiro atoms. The van der Waals surface area contributed by atoms with E-state index in [9.17, 15) is 4.79 Å². The van der Waals surface area contributed by atoms with Crippen LogP contribution in [0.15, 0.2) is 35.7 Å². The summed E-state index contributed by atoms with van der Waals surface area (Å²) in [4.78, 5) is 11.9. The Kier molecular flexibility index (Phi) is 11.9. The van der Waals surface area contributed by atoms with Crippen molar-refractivity contribution < 1.29 is 9.53 Å². The van der Waals surface area contributed by atoms with Crippen molar-refractivity contribution in [2.75, 3.05) is 13.2 Å². The van der Waals surface area contributed by atoms with Crippen LogP contribution in [-0.4, -0.2) is 18.9 Å². The predicted molar refractivity (Wildman–Crippen MR) is 136 cm³/mol. The van der Waals surface area contributed by atoms with Crippen LogP contribution in [0, 0.1) is 18.8 Å². The van der Waals surface area contributed by atoms with Crippen molar-refractivity contribution in [3.63, 3.8) is 0 Å². The van der Waals surface area contributed by atoms with E-state index < -0.39 is 0 Å². The van der Waals surface area contributed by atoms with Crippen LogP contribution in [0.2, 0.25) is 0 Å². The zero-order valence-electron chi connectivity index (χ0n) is 21.3. The summed E-state index contributed by atoms with van der Waals surface area (Å²) in [5.41, 5.74) is 4.20. The number of hydrogen-bond donors (Lipinski definition) is 1. The highest BCUT2D eigenvalue weighted by molar-refractivity contribution is 5.83. The number of nitrogens with one attached hydrogen (secondary N) is 1. The summed E-state index contributed by atoms with van der Waals surface area (Å²) in [6.07, 6.45) is 12.3. The van der Waals surface area contributed by atoms with E-state index in [0.717, 1.165) is 44.1 Å². The molecule has 1 aromatic carbocycles. The van der Waals surface area contributed by atoms with Gasteiger partial charge in [0.05, 0.1) is 13.2 Å². The van der Waals surface area contributed by atoms with Crippen LogP contribution in [0.5, 0.6) is 0 Å². The smallest absolute Gasteiger partial charge is 0.186 e. The van der Waals surface area contributed by atoms with Gasteiger partial charge in [0.15, 0.2) is 11.7 Å². The molecular weight excluding hydrogens is 394 g/mol. The molecule has 4 rings (SSSR count). The zero-order chi connectivity index (χ0) is 23.3. The summed E-state index contributed by atoms with van der Waals surface area (Å²) in [5.74, 6) is 3.07. The molecule has 0 aromatic heterocycles. The van der Waals surface area contributed by atoms with Gasteiger partial charge in [0.1, 0.15) is 0 Å². The van der Waals surface area contributed by atoms with Crippen LogP contribution < -0.4 is 5.32 Å². The number of Topliss-reactive ketones (excluding diaryl/α,β-unsaturated/α-hetero) is 1. The van der Waals surface area contributed by atoms with Crippen LogP contribution >= 0.6 is 0 Å². The highest BCUT2D eigenvalue weighted by Crippen LogP contribution is 2.33. The fraction of sp³-hybridized carbons (Fsp3) is 0.690. The molecule has 0 radical (unpaired) electrons. The number of ketones is 1. The summed E-state index contributed by atoms with van der Waals surface area (Å²) in [7, 11) is 0. The van der Waals surface area contributed by atoms with Crippen molar-refractivity contribution in [3.05, 3.63) is 46.8 Å². The number of hydrogen-bond acceptors (Lipinski definition) is 3. The molecule has 3 heteroatoms. The normalized spacial score (nSPS) is 18.3. The fourth-order valence-electron chi connectivity index (χ4n) is 4.20. The van der Waals surface area contributed by atoms with E-state index in [1.54, 1.807) is 0 Å². The lowest BCUT2D eigenvalue weighted by Gasteiger charge is -2.24. The third kappa shape index (κ3) is 9.00. The third-order valence-corrected chi connectivity index (χ3v) is 6.97. The Balaban J connectivity index is 0.000000239. The molecule has 0 bridgehead atoms. The van der Waals surface area contributed by atoms with E-state index in [1.807, 2.05) is 13.8 Å². The lowest BCUT2D eigenvalue weighted by atomic mass is 9.82. The molecule has 0 aliphatic heterocycles. The number of ether oxygens (including phenoxy) is 1. The summed E-state index contributed by atoms with van der Waals surface area (Å²) in [5, 5.41) is 3.26. The minimum atomic E-state index is 0.327. The molecule has 3 nitrogen and oxygen atoms in total. The second kappa shape index (κ2) is 14.4. The van der Waals surface area contributed by atoms with Crippen LogP contribution in [0.1, 0.15) is 109 Å². The van der Waals surface area contributed by atoms with E-state index in [2.05, 4.69) is 50.4 Å². The second-order valence-electron chi connectivity index (χ2n) is 9.57. The van der Waals surface area contributed by atoms with Gasteiger partial charge in [-0.2, -0.15) is 0 Å². The van der Waals surface area contributed by atoms with Crippen molar-refractivity contribution >= 4 is 5.78 Å². The molecule has 1 N–H and O–H groups in total. The predicted octanol–water partition coefficient (Wildman–Crippen LogP) is 7.69. The third-order valence-electron chi connectivity index (χ3n) is 6.97. The lowest BCUT2D eigenvalue weighted by Crippen LogP contribution is -2.32. The Morgan fingerprint density at radius 3 is 2.31 bits per heavy atom. The molecule has 0 saturated heterocycles. The number of carbonyl (C=O) groups is 1. The summed E-state index contributed by atoms with van der Waals surface area (Å²) >= 11 is 0. The lowest BCUT2D eigenvalue weighted by molar-refractivity contribution is -0.124. The van der Waals surface area contributed by atoms with Gasteiger partial charge in [-0.1, -0.05) is 76.8 Å². The number of benzene rings is 1. The van der Waals surface area contributed by atoms with Crippen molar-refractivity contribution in [2.45, 2.75) is 105 Å². The molecule has 3 saturated carbocycles. The quantitative estimate of drug-likeness (QED) is 0.399. The van der Waals surface area contributed by atoms with Crippen molar-refractivity contribution in [2.24, 2.45) is 11.8 Å². The maximum Gasteiger partial charge on any atom is 0.186 e. The van der Waals surface area contributed by atoms with Crippen molar-refractivity contribution in [3.8, 4) is 0 Å². The monoisotopic (exact) mass is 441 g/mol. The first-order valence-corrected chi connectivity index (χ1v) is 13.2. The highest BCUT2D eigenvalue weighted by atomic mass is 16.5. The largest absolute Gasteiger partial charge is 0.479 e. The number of carbonyl (C=O) groups excluding carboxylic acids is 1. The van der Waals surface area contributed by atoms with E-state index >= 15 is 0 Å². The van der Waals surface area contributed by atoms with Crippen LogP contribution in [0.25, 0.3) is 0 Å². The Labute approximate surface area is 197 Å². The highest BCUT2D eigenvalue weighted by Gasteiger charge is 2.26. The van der Waals surface area contributed by atoms with Crippen LogP contribution in [0.3, 0.4) is 0 Å². The average molecular weight is 442 g/mol. The van der Waals surface area contributed by atoms with Gasteiger partial charge in [-0.25, -0.2) is 0 Å². The Morgan fingerprint density at radius 1 is 1.09 bits per heavy atom. The van der Waals surface area contributed by atoms with Gasteiger partial charge in [-0.15, -0.1) is 0 Å². The van der Waals surface area contributed by atoms with Gasteiger partial charge in [-0.05, 0) is 74.8 Å². The molecule has 1 atom stereocenters. The first-order chi connectivity index (χ1) is 15.6. The molecule has 0 heterocycles. The molecule has 0 amide bonds. The van der Waals surface area contributed by atoms with E-state index in [-0.39, 0.29) is 0 Å². The Bertz CT molecular complexity index is 708. The Morgan fingerprint density at radius 2 is 1.78 bits per heavy atom. The van der Waals surface area contributed by atoms with E-state index in [1.165, 1.54) is 55.2 Å². The summed E-state index contributed by atoms with van der Waals surface area (Å²) in [6, 6.07) is 8.76. The van der Waals surface area contributed by atoms with Crippen LogP contribution in [0.4, 0.5) is 0 Å².